The molecule has 0 bridgehead atoms. The molecule has 6 nitrogen and oxygen atoms in total. The van der Waals surface area contributed by atoms with Crippen molar-refractivity contribution in [1.82, 2.24) is 14.7 Å². The number of hydrogen-bond donors (Lipinski definition) is 1. The lowest BCUT2D eigenvalue weighted by Gasteiger charge is -2.20. The number of rotatable bonds is 7. The van der Waals surface area contributed by atoms with Gasteiger partial charge in [0.25, 0.3) is 5.56 Å². The van der Waals surface area contributed by atoms with E-state index in [-0.39, 0.29) is 18.0 Å². The summed E-state index contributed by atoms with van der Waals surface area (Å²) in [5.74, 6) is 0.721. The Balaban J connectivity index is 1.61. The van der Waals surface area contributed by atoms with Gasteiger partial charge in [-0.2, -0.15) is 5.10 Å². The van der Waals surface area contributed by atoms with Gasteiger partial charge in [-0.3, -0.25) is 9.59 Å². The van der Waals surface area contributed by atoms with Crippen molar-refractivity contribution in [3.63, 3.8) is 0 Å². The smallest absolute Gasteiger partial charge is 0.269 e. The second kappa shape index (κ2) is 5.87. The lowest BCUT2D eigenvalue weighted by Crippen LogP contribution is -2.38. The molecule has 1 aromatic rings. The molecule has 0 saturated heterocycles. The van der Waals surface area contributed by atoms with E-state index in [4.69, 9.17) is 0 Å². The van der Waals surface area contributed by atoms with Crippen molar-refractivity contribution < 1.29 is 4.79 Å². The van der Waals surface area contributed by atoms with Gasteiger partial charge in [-0.05, 0) is 38.5 Å². The summed E-state index contributed by atoms with van der Waals surface area (Å²) in [6, 6.07) is 1.90. The molecule has 6 heteroatoms. The fourth-order valence-electron chi connectivity index (χ4n) is 2.48. The molecule has 0 unspecified atom stereocenters. The SMILES string of the molecule is CCN(C(=O)Cn1ncc(NCC2CC2)cc1=O)C1CC1. The average Bonchev–Trinajstić information content (AvgIpc) is 3.34. The number of nitrogens with one attached hydrogen (secondary N) is 1. The molecule has 1 aromatic heterocycles. The Labute approximate surface area is 124 Å². The van der Waals surface area contributed by atoms with Crippen LogP contribution in [0.15, 0.2) is 17.1 Å². The number of aromatic nitrogens is 2. The molecule has 1 heterocycles. The lowest BCUT2D eigenvalue weighted by molar-refractivity contribution is -0.132. The molecule has 2 aliphatic rings. The highest BCUT2D eigenvalue weighted by Crippen LogP contribution is 2.28. The molecule has 0 atom stereocenters. The maximum Gasteiger partial charge on any atom is 0.269 e. The van der Waals surface area contributed by atoms with Crippen LogP contribution in [0, 0.1) is 5.92 Å². The van der Waals surface area contributed by atoms with E-state index in [2.05, 4.69) is 10.4 Å². The van der Waals surface area contributed by atoms with Crippen LogP contribution in [0.3, 0.4) is 0 Å². The molecule has 114 valence electrons. The first-order valence-corrected chi connectivity index (χ1v) is 7.78. The van der Waals surface area contributed by atoms with Crippen LogP contribution in [0.4, 0.5) is 5.69 Å². The molecule has 1 amide bonds. The summed E-state index contributed by atoms with van der Waals surface area (Å²) in [7, 11) is 0. The van der Waals surface area contributed by atoms with E-state index in [1.807, 2.05) is 11.8 Å². The molecule has 2 aliphatic carbocycles. The van der Waals surface area contributed by atoms with Crippen LogP contribution in [0.25, 0.3) is 0 Å². The van der Waals surface area contributed by atoms with Gasteiger partial charge in [-0.1, -0.05) is 0 Å². The first-order chi connectivity index (χ1) is 10.2. The molecule has 0 spiro atoms. The Morgan fingerprint density at radius 2 is 2.19 bits per heavy atom. The zero-order chi connectivity index (χ0) is 14.8. The van der Waals surface area contributed by atoms with E-state index in [0.29, 0.717) is 12.6 Å². The monoisotopic (exact) mass is 290 g/mol. The van der Waals surface area contributed by atoms with Crippen LogP contribution < -0.4 is 10.9 Å². The molecular formula is C15H22N4O2. The van der Waals surface area contributed by atoms with Crippen LogP contribution in [0.1, 0.15) is 32.6 Å². The zero-order valence-corrected chi connectivity index (χ0v) is 12.4. The molecule has 0 radical (unpaired) electrons. The molecule has 2 fully saturated rings. The summed E-state index contributed by atoms with van der Waals surface area (Å²) in [6.07, 6.45) is 6.31. The molecule has 1 N–H and O–H groups in total. The number of hydrogen-bond acceptors (Lipinski definition) is 4. The summed E-state index contributed by atoms with van der Waals surface area (Å²) in [6.45, 7) is 3.60. The number of likely N-dealkylation sites (N-methyl/N-ethyl adjacent to an activating group) is 1. The topological polar surface area (TPSA) is 67.2 Å². The normalized spacial score (nSPS) is 17.6. The second-order valence-electron chi connectivity index (χ2n) is 5.98. The molecule has 0 aliphatic heterocycles. The quantitative estimate of drug-likeness (QED) is 0.816. The largest absolute Gasteiger partial charge is 0.383 e. The van der Waals surface area contributed by atoms with Crippen molar-refractivity contribution in [2.24, 2.45) is 5.92 Å². The van der Waals surface area contributed by atoms with Crippen LogP contribution in [-0.4, -0.2) is 39.7 Å². The number of amides is 1. The third-order valence-corrected chi connectivity index (χ3v) is 4.10. The van der Waals surface area contributed by atoms with Gasteiger partial charge >= 0.3 is 0 Å². The van der Waals surface area contributed by atoms with E-state index in [9.17, 15) is 9.59 Å². The molecule has 3 rings (SSSR count). The van der Waals surface area contributed by atoms with E-state index < -0.39 is 0 Å². The maximum atomic E-state index is 12.2. The number of carbonyl (C=O) groups excluding carboxylic acids is 1. The molecular weight excluding hydrogens is 268 g/mol. The highest BCUT2D eigenvalue weighted by molar-refractivity contribution is 5.76. The third kappa shape index (κ3) is 3.62. The Bertz CT molecular complexity index is 575. The Hall–Kier alpha value is -1.85. The fourth-order valence-corrected chi connectivity index (χ4v) is 2.48. The summed E-state index contributed by atoms with van der Waals surface area (Å²) < 4.78 is 1.25. The standard InChI is InChI=1S/C15H22N4O2/c1-2-18(13-5-6-13)15(21)10-19-14(20)7-12(9-17-19)16-8-11-3-4-11/h7,9,11,13,16H,2-6,8,10H2,1H3. The van der Waals surface area contributed by atoms with Crippen molar-refractivity contribution >= 4 is 11.6 Å². The first-order valence-electron chi connectivity index (χ1n) is 7.78. The van der Waals surface area contributed by atoms with Gasteiger partial charge in [0, 0.05) is 25.2 Å². The zero-order valence-electron chi connectivity index (χ0n) is 12.4. The van der Waals surface area contributed by atoms with E-state index in [1.54, 1.807) is 6.20 Å². The lowest BCUT2D eigenvalue weighted by atomic mass is 10.4. The number of anilines is 1. The Morgan fingerprint density at radius 1 is 1.43 bits per heavy atom. The minimum atomic E-state index is -0.226. The van der Waals surface area contributed by atoms with E-state index in [1.165, 1.54) is 23.6 Å². The maximum absolute atomic E-state index is 12.2. The number of nitrogens with zero attached hydrogens (tertiary/aromatic N) is 3. The van der Waals surface area contributed by atoms with Gasteiger partial charge in [0.1, 0.15) is 6.54 Å². The Morgan fingerprint density at radius 3 is 2.76 bits per heavy atom. The average molecular weight is 290 g/mol. The molecule has 21 heavy (non-hydrogen) atoms. The van der Waals surface area contributed by atoms with Crippen LogP contribution in [-0.2, 0) is 11.3 Å². The third-order valence-electron chi connectivity index (χ3n) is 4.10. The van der Waals surface area contributed by atoms with Crippen LogP contribution in [0.5, 0.6) is 0 Å². The van der Waals surface area contributed by atoms with E-state index >= 15 is 0 Å². The van der Waals surface area contributed by atoms with Crippen molar-refractivity contribution in [3.8, 4) is 0 Å². The number of carbonyl (C=O) groups is 1. The van der Waals surface area contributed by atoms with Crippen molar-refractivity contribution in [2.75, 3.05) is 18.4 Å². The molecule has 2 saturated carbocycles. The summed E-state index contributed by atoms with van der Waals surface area (Å²) in [4.78, 5) is 26.1. The van der Waals surface area contributed by atoms with Gasteiger partial charge in [0.05, 0.1) is 11.9 Å². The fraction of sp³-hybridized carbons (Fsp3) is 0.667. The summed E-state index contributed by atoms with van der Waals surface area (Å²) in [5.41, 5.74) is 0.515. The minimum absolute atomic E-state index is 0.0201. The highest BCUT2D eigenvalue weighted by atomic mass is 16.2. The van der Waals surface area contributed by atoms with E-state index in [0.717, 1.165) is 31.0 Å². The van der Waals surface area contributed by atoms with Crippen molar-refractivity contribution in [2.45, 2.75) is 45.2 Å². The van der Waals surface area contributed by atoms with Gasteiger partial charge in [-0.15, -0.1) is 0 Å². The first kappa shape index (κ1) is 14.1. The summed E-state index contributed by atoms with van der Waals surface area (Å²) in [5, 5.41) is 7.33. The molecule has 0 aromatic carbocycles. The second-order valence-corrected chi connectivity index (χ2v) is 5.98. The van der Waals surface area contributed by atoms with Crippen LogP contribution in [0.2, 0.25) is 0 Å². The Kier molecular flexibility index (Phi) is 3.94. The predicted octanol–water partition coefficient (Wildman–Crippen LogP) is 1.08. The van der Waals surface area contributed by atoms with Gasteiger partial charge < -0.3 is 10.2 Å². The van der Waals surface area contributed by atoms with Crippen molar-refractivity contribution in [1.29, 1.82) is 0 Å². The minimum Gasteiger partial charge on any atom is -0.383 e. The van der Waals surface area contributed by atoms with Gasteiger partial charge in [0.2, 0.25) is 5.91 Å². The van der Waals surface area contributed by atoms with Crippen LogP contribution >= 0.6 is 0 Å². The van der Waals surface area contributed by atoms with Gasteiger partial charge in [-0.25, -0.2) is 4.68 Å². The van der Waals surface area contributed by atoms with Crippen molar-refractivity contribution in [3.05, 3.63) is 22.6 Å². The van der Waals surface area contributed by atoms with Gasteiger partial charge in [0.15, 0.2) is 0 Å². The predicted molar refractivity (Wildman–Crippen MR) is 80.1 cm³/mol. The highest BCUT2D eigenvalue weighted by Gasteiger charge is 2.31. The summed E-state index contributed by atoms with van der Waals surface area (Å²) >= 11 is 0.